The molecule has 0 spiro atoms. The summed E-state index contributed by atoms with van der Waals surface area (Å²) in [7, 11) is -2.52. The van der Waals surface area contributed by atoms with Crippen LogP contribution in [0.3, 0.4) is 0 Å². The molecular formula is C15H13ClN4O5S. The number of esters is 1. The Hall–Kier alpha value is -2.72. The second-order valence-electron chi connectivity index (χ2n) is 5.32. The third-order valence-corrected chi connectivity index (χ3v) is 4.98. The lowest BCUT2D eigenvalue weighted by Gasteiger charge is -2.18. The second-order valence-corrected chi connectivity index (χ2v) is 7.41. The third-order valence-electron chi connectivity index (χ3n) is 3.41. The summed E-state index contributed by atoms with van der Waals surface area (Å²) in [6, 6.07) is 6.86. The van der Waals surface area contributed by atoms with Crippen molar-refractivity contribution in [3.8, 4) is 11.5 Å². The van der Waals surface area contributed by atoms with E-state index in [1.165, 1.54) is 14.0 Å². The molecule has 1 aliphatic rings. The van der Waals surface area contributed by atoms with E-state index in [-0.39, 0.29) is 29.6 Å². The number of ether oxygens (including phenoxy) is 1. The molecule has 0 atom stereocenters. The van der Waals surface area contributed by atoms with E-state index in [1.807, 2.05) is 0 Å². The molecular weight excluding hydrogens is 384 g/mol. The second kappa shape index (κ2) is 6.89. The maximum atomic E-state index is 12.2. The SMILES string of the molecule is CC1=NS(=O)(=O)N(C)C=C1C(=O)OCc1noc(-c2cccc(Cl)c2)n1. The molecule has 1 aromatic heterocycles. The number of rotatable bonds is 4. The molecule has 11 heteroatoms. The molecule has 2 heterocycles. The molecule has 0 bridgehead atoms. The van der Waals surface area contributed by atoms with E-state index >= 15 is 0 Å². The highest BCUT2D eigenvalue weighted by Crippen LogP contribution is 2.21. The van der Waals surface area contributed by atoms with E-state index < -0.39 is 16.2 Å². The fraction of sp³-hybridized carbons (Fsp3) is 0.200. The van der Waals surface area contributed by atoms with E-state index in [9.17, 15) is 13.2 Å². The highest BCUT2D eigenvalue weighted by atomic mass is 35.5. The predicted molar refractivity (Wildman–Crippen MR) is 92.4 cm³/mol. The van der Waals surface area contributed by atoms with Gasteiger partial charge in [0.15, 0.2) is 6.61 Å². The zero-order valence-corrected chi connectivity index (χ0v) is 15.3. The van der Waals surface area contributed by atoms with Gasteiger partial charge in [-0.15, -0.1) is 4.40 Å². The van der Waals surface area contributed by atoms with Gasteiger partial charge in [-0.2, -0.15) is 13.4 Å². The normalized spacial score (nSPS) is 16.0. The number of halogens is 1. The van der Waals surface area contributed by atoms with Gasteiger partial charge < -0.3 is 9.26 Å². The van der Waals surface area contributed by atoms with Gasteiger partial charge >= 0.3 is 16.2 Å². The fourth-order valence-corrected chi connectivity index (χ4v) is 3.09. The highest BCUT2D eigenvalue weighted by molar-refractivity contribution is 7.88. The smallest absolute Gasteiger partial charge is 0.344 e. The number of carbonyl (C=O) groups excluding carboxylic acids is 1. The Morgan fingerprint density at radius 3 is 2.88 bits per heavy atom. The van der Waals surface area contributed by atoms with Crippen molar-refractivity contribution in [1.82, 2.24) is 14.4 Å². The first kappa shape index (κ1) is 18.1. The van der Waals surface area contributed by atoms with Crippen LogP contribution in [0, 0.1) is 0 Å². The lowest BCUT2D eigenvalue weighted by Crippen LogP contribution is -2.29. The zero-order chi connectivity index (χ0) is 18.9. The monoisotopic (exact) mass is 396 g/mol. The van der Waals surface area contributed by atoms with Gasteiger partial charge in [-0.1, -0.05) is 22.8 Å². The van der Waals surface area contributed by atoms with Crippen LogP contribution in [0.1, 0.15) is 12.7 Å². The molecule has 2 aromatic rings. The Labute approximate surface area is 154 Å². The van der Waals surface area contributed by atoms with Crippen LogP contribution >= 0.6 is 11.6 Å². The first-order chi connectivity index (χ1) is 12.3. The number of benzene rings is 1. The lowest BCUT2D eigenvalue weighted by atomic mass is 10.2. The molecule has 3 rings (SSSR count). The summed E-state index contributed by atoms with van der Waals surface area (Å²) in [4.78, 5) is 16.3. The first-order valence-electron chi connectivity index (χ1n) is 7.28. The van der Waals surface area contributed by atoms with Gasteiger partial charge in [0.05, 0.1) is 11.3 Å². The molecule has 0 saturated carbocycles. The summed E-state index contributed by atoms with van der Waals surface area (Å²) >= 11 is 5.91. The molecule has 0 unspecified atom stereocenters. The molecule has 9 nitrogen and oxygen atoms in total. The van der Waals surface area contributed by atoms with Gasteiger partial charge in [0, 0.05) is 23.8 Å². The Balaban J connectivity index is 1.69. The van der Waals surface area contributed by atoms with Gasteiger partial charge in [0.1, 0.15) is 0 Å². The summed E-state index contributed by atoms with van der Waals surface area (Å²) in [6.45, 7) is 1.16. The Morgan fingerprint density at radius 1 is 1.38 bits per heavy atom. The fourth-order valence-electron chi connectivity index (χ4n) is 2.09. The van der Waals surface area contributed by atoms with Crippen molar-refractivity contribution in [1.29, 1.82) is 0 Å². The topological polar surface area (TPSA) is 115 Å². The summed E-state index contributed by atoms with van der Waals surface area (Å²) in [5.74, 6) is -0.360. The minimum absolute atomic E-state index is 0.0286. The highest BCUT2D eigenvalue weighted by Gasteiger charge is 2.26. The largest absolute Gasteiger partial charge is 0.454 e. The standard InChI is InChI=1S/C15H13ClN4O5S/c1-9-12(7-20(2)26(22,23)19-9)15(21)24-8-13-17-14(25-18-13)10-4-3-5-11(16)6-10/h3-7H,8H2,1-2H3. The van der Waals surface area contributed by atoms with Gasteiger partial charge in [-0.25, -0.2) is 4.79 Å². The number of hydrogen-bond donors (Lipinski definition) is 0. The van der Waals surface area contributed by atoms with Crippen molar-refractivity contribution < 1.29 is 22.5 Å². The van der Waals surface area contributed by atoms with Crippen LogP contribution in [-0.4, -0.2) is 41.6 Å². The minimum atomic E-state index is -3.79. The van der Waals surface area contributed by atoms with E-state index in [1.54, 1.807) is 24.3 Å². The number of aromatic nitrogens is 2. The minimum Gasteiger partial charge on any atom is -0.454 e. The molecule has 0 radical (unpaired) electrons. The van der Waals surface area contributed by atoms with Crippen molar-refractivity contribution >= 4 is 33.5 Å². The molecule has 0 aliphatic carbocycles. The molecule has 1 aromatic carbocycles. The van der Waals surface area contributed by atoms with Crippen LogP contribution in [0.15, 0.2) is 45.0 Å². The van der Waals surface area contributed by atoms with Crippen LogP contribution in [-0.2, 0) is 26.3 Å². The van der Waals surface area contributed by atoms with Crippen molar-refractivity contribution in [3.05, 3.63) is 46.9 Å². The van der Waals surface area contributed by atoms with Crippen LogP contribution in [0.2, 0.25) is 5.02 Å². The number of hydrogen-bond acceptors (Lipinski definition) is 7. The van der Waals surface area contributed by atoms with Crippen molar-refractivity contribution in [2.24, 2.45) is 4.40 Å². The molecule has 0 amide bonds. The van der Waals surface area contributed by atoms with Gasteiger partial charge in [-0.05, 0) is 25.1 Å². The molecule has 26 heavy (non-hydrogen) atoms. The summed E-state index contributed by atoms with van der Waals surface area (Å²) in [5.41, 5.74) is 0.703. The van der Waals surface area contributed by atoms with Crippen molar-refractivity contribution in [2.45, 2.75) is 13.5 Å². The molecule has 0 saturated heterocycles. The Bertz CT molecular complexity index is 1030. The van der Waals surface area contributed by atoms with Crippen LogP contribution in [0.5, 0.6) is 0 Å². The summed E-state index contributed by atoms with van der Waals surface area (Å²) < 4.78 is 37.7. The van der Waals surface area contributed by atoms with E-state index in [0.29, 0.717) is 10.6 Å². The first-order valence-corrected chi connectivity index (χ1v) is 9.06. The van der Waals surface area contributed by atoms with Crippen molar-refractivity contribution in [3.63, 3.8) is 0 Å². The maximum absolute atomic E-state index is 12.2. The lowest BCUT2D eigenvalue weighted by molar-refractivity contribution is -0.140. The van der Waals surface area contributed by atoms with Crippen LogP contribution in [0.25, 0.3) is 11.5 Å². The van der Waals surface area contributed by atoms with Crippen LogP contribution < -0.4 is 0 Å². The molecule has 0 fully saturated rings. The third kappa shape index (κ3) is 3.75. The predicted octanol–water partition coefficient (Wildman–Crippen LogP) is 1.97. The average Bonchev–Trinajstić information content (AvgIpc) is 3.04. The van der Waals surface area contributed by atoms with E-state index in [2.05, 4.69) is 14.5 Å². The van der Waals surface area contributed by atoms with Gasteiger partial charge in [0.2, 0.25) is 5.82 Å². The maximum Gasteiger partial charge on any atom is 0.344 e. The average molecular weight is 397 g/mol. The molecule has 136 valence electrons. The van der Waals surface area contributed by atoms with E-state index in [0.717, 1.165) is 10.5 Å². The number of carbonyl (C=O) groups is 1. The Kier molecular flexibility index (Phi) is 4.79. The van der Waals surface area contributed by atoms with Gasteiger partial charge in [-0.3, -0.25) is 4.31 Å². The zero-order valence-electron chi connectivity index (χ0n) is 13.7. The quantitative estimate of drug-likeness (QED) is 0.725. The summed E-state index contributed by atoms with van der Waals surface area (Å²) in [5, 5.41) is 4.25. The number of nitrogens with zero attached hydrogens (tertiary/aromatic N) is 4. The van der Waals surface area contributed by atoms with Crippen LogP contribution in [0.4, 0.5) is 0 Å². The van der Waals surface area contributed by atoms with Gasteiger partial charge in [0.25, 0.3) is 5.89 Å². The van der Waals surface area contributed by atoms with E-state index in [4.69, 9.17) is 20.9 Å². The Morgan fingerprint density at radius 2 is 2.15 bits per heavy atom. The van der Waals surface area contributed by atoms with Crippen molar-refractivity contribution in [2.75, 3.05) is 7.05 Å². The molecule has 0 N–H and O–H groups in total. The molecule has 1 aliphatic heterocycles. The summed E-state index contributed by atoms with van der Waals surface area (Å²) in [6.07, 6.45) is 1.15.